The topological polar surface area (TPSA) is 38.3 Å². The minimum absolute atomic E-state index is 0.129. The molecule has 0 fully saturated rings. The van der Waals surface area contributed by atoms with E-state index in [1.54, 1.807) is 13.0 Å². The second-order valence-corrected chi connectivity index (χ2v) is 6.51. The van der Waals surface area contributed by atoms with Crippen LogP contribution < -0.4 is 10.1 Å². The number of anilines is 1. The van der Waals surface area contributed by atoms with E-state index in [1.165, 1.54) is 17.7 Å². The van der Waals surface area contributed by atoms with Gasteiger partial charge in [-0.3, -0.25) is 4.79 Å². The van der Waals surface area contributed by atoms with Crippen molar-refractivity contribution in [1.82, 2.24) is 0 Å². The maximum absolute atomic E-state index is 13.7. The van der Waals surface area contributed by atoms with Gasteiger partial charge in [0.15, 0.2) is 6.10 Å². The van der Waals surface area contributed by atoms with E-state index in [0.29, 0.717) is 16.1 Å². The molecule has 5 heteroatoms. The molecule has 0 aromatic heterocycles. The fraction of sp³-hybridized carbons (Fsp3) is 0.278. The van der Waals surface area contributed by atoms with Gasteiger partial charge in [0, 0.05) is 4.47 Å². The molecule has 122 valence electrons. The Kier molecular flexibility index (Phi) is 5.77. The van der Waals surface area contributed by atoms with Crippen molar-refractivity contribution in [2.24, 2.45) is 0 Å². The lowest BCUT2D eigenvalue weighted by Crippen LogP contribution is -2.30. The van der Waals surface area contributed by atoms with Crippen LogP contribution >= 0.6 is 15.9 Å². The summed E-state index contributed by atoms with van der Waals surface area (Å²) in [5.41, 5.74) is 1.33. The van der Waals surface area contributed by atoms with Gasteiger partial charge in [-0.15, -0.1) is 0 Å². The van der Waals surface area contributed by atoms with Gasteiger partial charge in [0.1, 0.15) is 11.6 Å². The van der Waals surface area contributed by atoms with Crippen LogP contribution in [0.5, 0.6) is 5.75 Å². The fourth-order valence-electron chi connectivity index (χ4n) is 2.01. The molecule has 3 nitrogen and oxygen atoms in total. The highest BCUT2D eigenvalue weighted by Crippen LogP contribution is 2.21. The molecule has 0 heterocycles. The highest BCUT2D eigenvalue weighted by molar-refractivity contribution is 9.10. The van der Waals surface area contributed by atoms with Gasteiger partial charge in [-0.1, -0.05) is 41.9 Å². The molecule has 0 saturated heterocycles. The van der Waals surface area contributed by atoms with E-state index in [-0.39, 0.29) is 5.69 Å². The zero-order chi connectivity index (χ0) is 17.0. The number of hydrogen-bond donors (Lipinski definition) is 1. The van der Waals surface area contributed by atoms with Crippen LogP contribution in [0.3, 0.4) is 0 Å². The van der Waals surface area contributed by atoms with E-state index in [1.807, 2.05) is 24.3 Å². The molecule has 23 heavy (non-hydrogen) atoms. The second kappa shape index (κ2) is 7.59. The average molecular weight is 380 g/mol. The van der Waals surface area contributed by atoms with Gasteiger partial charge in [0.25, 0.3) is 5.91 Å². The third-order valence-electron chi connectivity index (χ3n) is 3.42. The molecule has 2 rings (SSSR count). The first-order chi connectivity index (χ1) is 10.9. The number of carbonyl (C=O) groups is 1. The molecule has 0 aliphatic rings. The van der Waals surface area contributed by atoms with E-state index in [0.717, 1.165) is 0 Å². The predicted molar refractivity (Wildman–Crippen MR) is 93.4 cm³/mol. The third kappa shape index (κ3) is 4.79. The lowest BCUT2D eigenvalue weighted by molar-refractivity contribution is -0.122. The van der Waals surface area contributed by atoms with Gasteiger partial charge in [0.2, 0.25) is 0 Å². The van der Waals surface area contributed by atoms with Crippen molar-refractivity contribution in [2.75, 3.05) is 5.32 Å². The van der Waals surface area contributed by atoms with Crippen LogP contribution in [0, 0.1) is 5.82 Å². The molecule has 0 radical (unpaired) electrons. The summed E-state index contributed by atoms with van der Waals surface area (Å²) in [5, 5.41) is 2.53. The van der Waals surface area contributed by atoms with Crippen molar-refractivity contribution in [3.63, 3.8) is 0 Å². The van der Waals surface area contributed by atoms with E-state index in [2.05, 4.69) is 35.1 Å². The maximum atomic E-state index is 13.7. The van der Waals surface area contributed by atoms with Gasteiger partial charge >= 0.3 is 0 Å². The Hall–Kier alpha value is -1.88. The average Bonchev–Trinajstić information content (AvgIpc) is 2.50. The SMILES string of the molecule is CC(Oc1ccc(C(C)C)cc1)C(=O)Nc1ccc(Br)cc1F. The van der Waals surface area contributed by atoms with Crippen LogP contribution in [0.4, 0.5) is 10.1 Å². The number of halogens is 2. The van der Waals surface area contributed by atoms with E-state index in [4.69, 9.17) is 4.74 Å². The first kappa shape index (κ1) is 17.5. The molecular formula is C18H19BrFNO2. The van der Waals surface area contributed by atoms with Gasteiger partial charge in [0.05, 0.1) is 5.69 Å². The summed E-state index contributed by atoms with van der Waals surface area (Å²) in [4.78, 5) is 12.1. The first-order valence-corrected chi connectivity index (χ1v) is 8.18. The molecular weight excluding hydrogens is 361 g/mol. The summed E-state index contributed by atoms with van der Waals surface area (Å²) < 4.78 is 20.0. The molecule has 1 atom stereocenters. The maximum Gasteiger partial charge on any atom is 0.265 e. The Labute approximate surface area is 144 Å². The van der Waals surface area contributed by atoms with Crippen molar-refractivity contribution in [3.8, 4) is 5.75 Å². The largest absolute Gasteiger partial charge is 0.481 e. The summed E-state index contributed by atoms with van der Waals surface area (Å²) in [5.74, 6) is 0.138. The summed E-state index contributed by atoms with van der Waals surface area (Å²) in [6, 6.07) is 12.1. The van der Waals surface area contributed by atoms with Crippen molar-refractivity contribution in [1.29, 1.82) is 0 Å². The number of hydrogen-bond acceptors (Lipinski definition) is 2. The molecule has 0 aliphatic heterocycles. The predicted octanol–water partition coefficient (Wildman–Crippen LogP) is 5.12. The van der Waals surface area contributed by atoms with Crippen LogP contribution in [-0.4, -0.2) is 12.0 Å². The number of nitrogens with one attached hydrogen (secondary N) is 1. The number of ether oxygens (including phenoxy) is 1. The van der Waals surface area contributed by atoms with Crippen LogP contribution in [0.25, 0.3) is 0 Å². The fourth-order valence-corrected chi connectivity index (χ4v) is 2.35. The Bertz CT molecular complexity index is 686. The zero-order valence-electron chi connectivity index (χ0n) is 13.3. The molecule has 0 spiro atoms. The van der Waals surface area contributed by atoms with E-state index in [9.17, 15) is 9.18 Å². The van der Waals surface area contributed by atoms with Gasteiger partial charge in [-0.25, -0.2) is 4.39 Å². The summed E-state index contributed by atoms with van der Waals surface area (Å²) in [6.45, 7) is 5.85. The Morgan fingerprint density at radius 3 is 2.35 bits per heavy atom. The standard InChI is InChI=1S/C18H19BrFNO2/c1-11(2)13-4-7-15(8-5-13)23-12(3)18(22)21-17-9-6-14(19)10-16(17)20/h4-12H,1-3H3,(H,21,22). The number of rotatable bonds is 5. The highest BCUT2D eigenvalue weighted by atomic mass is 79.9. The monoisotopic (exact) mass is 379 g/mol. The molecule has 2 aromatic carbocycles. The van der Waals surface area contributed by atoms with Crippen molar-refractivity contribution in [2.45, 2.75) is 32.8 Å². The molecule has 0 saturated carbocycles. The molecule has 0 bridgehead atoms. The van der Waals surface area contributed by atoms with Crippen molar-refractivity contribution in [3.05, 3.63) is 58.3 Å². The first-order valence-electron chi connectivity index (χ1n) is 7.39. The molecule has 1 N–H and O–H groups in total. The van der Waals surface area contributed by atoms with Gasteiger partial charge in [-0.2, -0.15) is 0 Å². The van der Waals surface area contributed by atoms with Crippen LogP contribution in [0.15, 0.2) is 46.9 Å². The third-order valence-corrected chi connectivity index (χ3v) is 3.91. The lowest BCUT2D eigenvalue weighted by atomic mass is 10.0. The van der Waals surface area contributed by atoms with Crippen molar-refractivity contribution < 1.29 is 13.9 Å². The Morgan fingerprint density at radius 2 is 1.78 bits per heavy atom. The summed E-state index contributed by atoms with van der Waals surface area (Å²) >= 11 is 3.17. The molecule has 1 amide bonds. The molecule has 0 aliphatic carbocycles. The number of benzene rings is 2. The molecule has 2 aromatic rings. The van der Waals surface area contributed by atoms with Crippen LogP contribution in [0.2, 0.25) is 0 Å². The summed E-state index contributed by atoms with van der Waals surface area (Å²) in [6.07, 6.45) is -0.733. The smallest absolute Gasteiger partial charge is 0.265 e. The zero-order valence-corrected chi connectivity index (χ0v) is 14.9. The Morgan fingerprint density at radius 1 is 1.13 bits per heavy atom. The van der Waals surface area contributed by atoms with Crippen LogP contribution in [-0.2, 0) is 4.79 Å². The normalized spacial score (nSPS) is 12.1. The van der Waals surface area contributed by atoms with Gasteiger partial charge in [-0.05, 0) is 48.7 Å². The minimum atomic E-state index is -0.733. The highest BCUT2D eigenvalue weighted by Gasteiger charge is 2.16. The van der Waals surface area contributed by atoms with Crippen LogP contribution in [0.1, 0.15) is 32.3 Å². The Balaban J connectivity index is 1.99. The van der Waals surface area contributed by atoms with E-state index >= 15 is 0 Å². The number of carbonyl (C=O) groups excluding carboxylic acids is 1. The van der Waals surface area contributed by atoms with E-state index < -0.39 is 17.8 Å². The van der Waals surface area contributed by atoms with Gasteiger partial charge < -0.3 is 10.1 Å². The second-order valence-electron chi connectivity index (χ2n) is 5.60. The minimum Gasteiger partial charge on any atom is -0.481 e. The number of amides is 1. The quantitative estimate of drug-likeness (QED) is 0.782. The van der Waals surface area contributed by atoms with Crippen molar-refractivity contribution >= 4 is 27.5 Å². The summed E-state index contributed by atoms with van der Waals surface area (Å²) in [7, 11) is 0. The molecule has 1 unspecified atom stereocenters. The lowest BCUT2D eigenvalue weighted by Gasteiger charge is -2.16.